The fourth-order valence-corrected chi connectivity index (χ4v) is 4.52. The van der Waals surface area contributed by atoms with Crippen molar-refractivity contribution in [1.29, 1.82) is 0 Å². The molecule has 0 spiro atoms. The maximum Gasteiger partial charge on any atom is 0.226 e. The van der Waals surface area contributed by atoms with Crippen LogP contribution in [0.25, 0.3) is 0 Å². The number of nitrogens with zero attached hydrogens (tertiary/aromatic N) is 2. The molecule has 8 heteroatoms. The molecule has 2 rings (SSSR count). The summed E-state index contributed by atoms with van der Waals surface area (Å²) in [5.41, 5.74) is 0.905. The van der Waals surface area contributed by atoms with Gasteiger partial charge in [-0.15, -0.1) is 11.3 Å². The number of nitrogens with one attached hydrogen (secondary N) is 1. The van der Waals surface area contributed by atoms with Crippen LogP contribution in [0.1, 0.15) is 44.2 Å². The quantitative estimate of drug-likeness (QED) is 0.895. The first-order chi connectivity index (χ1) is 9.84. The van der Waals surface area contributed by atoms with Gasteiger partial charge in [-0.2, -0.15) is 4.31 Å². The second kappa shape index (κ2) is 6.41. The zero-order valence-corrected chi connectivity index (χ0v) is 14.2. The van der Waals surface area contributed by atoms with Crippen molar-refractivity contribution < 1.29 is 13.2 Å². The number of carbonyl (C=O) groups excluding carboxylic acids is 1. The van der Waals surface area contributed by atoms with Crippen molar-refractivity contribution in [3.8, 4) is 0 Å². The highest BCUT2D eigenvalue weighted by molar-refractivity contribution is 7.89. The third kappa shape index (κ3) is 3.61. The van der Waals surface area contributed by atoms with Crippen molar-refractivity contribution in [3.05, 3.63) is 10.6 Å². The average Bonchev–Trinajstić information content (AvgIpc) is 2.79. The Morgan fingerprint density at radius 2 is 2.19 bits per heavy atom. The van der Waals surface area contributed by atoms with Gasteiger partial charge in [-0.1, -0.05) is 6.92 Å². The van der Waals surface area contributed by atoms with Gasteiger partial charge in [0.05, 0.1) is 10.9 Å². The number of anilines is 1. The largest absolute Gasteiger partial charge is 0.302 e. The van der Waals surface area contributed by atoms with Gasteiger partial charge in [-0.05, 0) is 20.3 Å². The van der Waals surface area contributed by atoms with Crippen LogP contribution in [-0.2, 0) is 27.8 Å². The maximum absolute atomic E-state index is 12.2. The smallest absolute Gasteiger partial charge is 0.226 e. The van der Waals surface area contributed by atoms with Gasteiger partial charge in [-0.25, -0.2) is 13.4 Å². The van der Waals surface area contributed by atoms with Gasteiger partial charge >= 0.3 is 0 Å². The van der Waals surface area contributed by atoms with Crippen LogP contribution in [-0.4, -0.2) is 35.4 Å². The maximum atomic E-state index is 12.2. The van der Waals surface area contributed by atoms with Crippen LogP contribution in [0.15, 0.2) is 0 Å². The minimum absolute atomic E-state index is 0.0461. The standard InChI is InChI=1S/C13H21N3O3S2/c1-4-5-12(17)15-13-14-10-6-7-16(8-11(10)20-13)21(18,19)9(2)3/h9H,4-8H2,1-3H3,(H,14,15,17). The van der Waals surface area contributed by atoms with Crippen LogP contribution in [0.5, 0.6) is 0 Å². The van der Waals surface area contributed by atoms with Gasteiger partial charge < -0.3 is 5.32 Å². The molecule has 0 fully saturated rings. The molecule has 1 N–H and O–H groups in total. The number of rotatable bonds is 5. The van der Waals surface area contributed by atoms with E-state index >= 15 is 0 Å². The summed E-state index contributed by atoms with van der Waals surface area (Å²) >= 11 is 1.37. The summed E-state index contributed by atoms with van der Waals surface area (Å²) in [7, 11) is -3.24. The number of fused-ring (bicyclic) bond motifs is 1. The number of aromatic nitrogens is 1. The van der Waals surface area contributed by atoms with Crippen LogP contribution in [0.4, 0.5) is 5.13 Å². The van der Waals surface area contributed by atoms with Crippen LogP contribution >= 0.6 is 11.3 Å². The molecule has 21 heavy (non-hydrogen) atoms. The van der Waals surface area contributed by atoms with Crippen molar-refractivity contribution in [2.45, 2.75) is 51.8 Å². The molecule has 2 heterocycles. The average molecular weight is 331 g/mol. The first-order valence-corrected chi connectivity index (χ1v) is 9.44. The molecule has 0 aromatic carbocycles. The lowest BCUT2D eigenvalue weighted by Crippen LogP contribution is -2.39. The summed E-state index contributed by atoms with van der Waals surface area (Å²) in [6, 6.07) is 0. The Morgan fingerprint density at radius 3 is 2.81 bits per heavy atom. The predicted octanol–water partition coefficient (Wildman–Crippen LogP) is 1.98. The fourth-order valence-electron chi connectivity index (χ4n) is 2.15. The number of sulfonamides is 1. The Bertz CT molecular complexity index is 623. The minimum atomic E-state index is -3.24. The summed E-state index contributed by atoms with van der Waals surface area (Å²) in [4.78, 5) is 16.9. The van der Waals surface area contributed by atoms with E-state index in [-0.39, 0.29) is 5.91 Å². The molecule has 0 atom stereocenters. The zero-order chi connectivity index (χ0) is 15.6. The zero-order valence-electron chi connectivity index (χ0n) is 12.5. The Morgan fingerprint density at radius 1 is 1.48 bits per heavy atom. The molecule has 1 aliphatic heterocycles. The summed E-state index contributed by atoms with van der Waals surface area (Å²) in [6.45, 7) is 6.14. The molecule has 0 unspecified atom stereocenters. The summed E-state index contributed by atoms with van der Waals surface area (Å²) in [5.74, 6) is -0.0461. The lowest BCUT2D eigenvalue weighted by Gasteiger charge is -2.26. The molecule has 118 valence electrons. The van der Waals surface area contributed by atoms with Crippen molar-refractivity contribution in [2.75, 3.05) is 11.9 Å². The highest BCUT2D eigenvalue weighted by Crippen LogP contribution is 2.30. The second-order valence-corrected chi connectivity index (χ2v) is 8.94. The third-order valence-corrected chi connectivity index (χ3v) is 6.60. The van der Waals surface area contributed by atoms with E-state index in [2.05, 4.69) is 10.3 Å². The monoisotopic (exact) mass is 331 g/mol. The van der Waals surface area contributed by atoms with Gasteiger partial charge in [-0.3, -0.25) is 4.79 Å². The van der Waals surface area contributed by atoms with Gasteiger partial charge in [0.15, 0.2) is 5.13 Å². The molecule has 1 amide bonds. The lowest BCUT2D eigenvalue weighted by molar-refractivity contribution is -0.116. The first-order valence-electron chi connectivity index (χ1n) is 7.12. The molecular formula is C13H21N3O3S2. The van der Waals surface area contributed by atoms with Crippen LogP contribution < -0.4 is 5.32 Å². The Balaban J connectivity index is 2.12. The Hall–Kier alpha value is -0.990. The van der Waals surface area contributed by atoms with E-state index in [1.807, 2.05) is 6.92 Å². The molecule has 1 aromatic rings. The van der Waals surface area contributed by atoms with Crippen molar-refractivity contribution in [1.82, 2.24) is 9.29 Å². The lowest BCUT2D eigenvalue weighted by atomic mass is 10.2. The molecule has 1 aromatic heterocycles. The van der Waals surface area contributed by atoms with Gasteiger partial charge in [0, 0.05) is 30.8 Å². The molecule has 0 bridgehead atoms. The molecule has 1 aliphatic rings. The molecule has 0 saturated heterocycles. The summed E-state index contributed by atoms with van der Waals surface area (Å²) in [5, 5.41) is 2.93. The first kappa shape index (κ1) is 16.4. The third-order valence-electron chi connectivity index (χ3n) is 3.38. The van der Waals surface area contributed by atoms with E-state index in [4.69, 9.17) is 0 Å². The van der Waals surface area contributed by atoms with Crippen molar-refractivity contribution >= 4 is 32.4 Å². The minimum Gasteiger partial charge on any atom is -0.302 e. The number of amides is 1. The predicted molar refractivity (Wildman–Crippen MR) is 83.8 cm³/mol. The molecule has 0 saturated carbocycles. The molecular weight excluding hydrogens is 310 g/mol. The van der Waals surface area contributed by atoms with E-state index in [0.717, 1.165) is 17.0 Å². The number of hydrogen-bond donors (Lipinski definition) is 1. The summed E-state index contributed by atoms with van der Waals surface area (Å²) in [6.07, 6.45) is 1.86. The van der Waals surface area contributed by atoms with E-state index in [1.165, 1.54) is 15.6 Å². The highest BCUT2D eigenvalue weighted by atomic mass is 32.2. The normalized spacial score (nSPS) is 16.0. The molecule has 6 nitrogen and oxygen atoms in total. The van der Waals surface area contributed by atoms with Gasteiger partial charge in [0.25, 0.3) is 0 Å². The Labute approximate surface area is 129 Å². The van der Waals surface area contributed by atoms with Crippen molar-refractivity contribution in [2.24, 2.45) is 0 Å². The van der Waals surface area contributed by atoms with Gasteiger partial charge in [0.1, 0.15) is 0 Å². The van der Waals surface area contributed by atoms with Gasteiger partial charge in [0.2, 0.25) is 15.9 Å². The topological polar surface area (TPSA) is 79.4 Å². The van der Waals surface area contributed by atoms with Crippen LogP contribution in [0, 0.1) is 0 Å². The van der Waals surface area contributed by atoms with E-state index in [0.29, 0.717) is 31.1 Å². The fraction of sp³-hybridized carbons (Fsp3) is 0.692. The number of carbonyl (C=O) groups is 1. The molecule has 0 radical (unpaired) electrons. The Kier molecular flexibility index (Phi) is 5.00. The number of hydrogen-bond acceptors (Lipinski definition) is 5. The van der Waals surface area contributed by atoms with E-state index < -0.39 is 15.3 Å². The van der Waals surface area contributed by atoms with E-state index in [9.17, 15) is 13.2 Å². The molecule has 0 aliphatic carbocycles. The highest BCUT2D eigenvalue weighted by Gasteiger charge is 2.31. The summed E-state index contributed by atoms with van der Waals surface area (Å²) < 4.78 is 25.9. The second-order valence-electron chi connectivity index (χ2n) is 5.36. The van der Waals surface area contributed by atoms with Crippen LogP contribution in [0.2, 0.25) is 0 Å². The SMILES string of the molecule is CCCC(=O)Nc1nc2c(s1)CN(S(=O)(=O)C(C)C)CC2. The van der Waals surface area contributed by atoms with Crippen molar-refractivity contribution in [3.63, 3.8) is 0 Å². The number of thiazole rings is 1. The van der Waals surface area contributed by atoms with E-state index in [1.54, 1.807) is 13.8 Å². The van der Waals surface area contributed by atoms with Crippen LogP contribution in [0.3, 0.4) is 0 Å².